The van der Waals surface area contributed by atoms with Crippen molar-refractivity contribution < 1.29 is 14.4 Å². The highest BCUT2D eigenvalue weighted by atomic mass is 16.5. The van der Waals surface area contributed by atoms with E-state index in [1.807, 2.05) is 6.07 Å². The molecule has 3 heterocycles. The van der Waals surface area contributed by atoms with Crippen LogP contribution >= 0.6 is 0 Å². The first-order valence-corrected chi connectivity index (χ1v) is 11.3. The molecule has 0 aromatic heterocycles. The molecule has 1 atom stereocenters. The third-order valence-corrected chi connectivity index (χ3v) is 6.93. The highest BCUT2D eigenvalue weighted by Gasteiger charge is 2.53. The van der Waals surface area contributed by atoms with Gasteiger partial charge in [-0.2, -0.15) is 5.10 Å². The lowest BCUT2D eigenvalue weighted by atomic mass is 9.90. The quantitative estimate of drug-likeness (QED) is 0.847. The van der Waals surface area contributed by atoms with Crippen molar-refractivity contribution in [2.75, 3.05) is 26.7 Å². The van der Waals surface area contributed by atoms with Crippen LogP contribution in [0.5, 0.6) is 11.5 Å². The first-order valence-electron chi connectivity index (χ1n) is 11.3. The molecule has 5 rings (SSSR count). The van der Waals surface area contributed by atoms with Crippen molar-refractivity contribution in [1.29, 1.82) is 0 Å². The van der Waals surface area contributed by atoms with E-state index >= 15 is 0 Å². The largest absolute Gasteiger partial charge is 0.493 e. The van der Waals surface area contributed by atoms with Crippen LogP contribution in [0.25, 0.3) is 0 Å². The molecule has 0 aliphatic carbocycles. The number of methoxy groups -OCH3 is 1. The number of ether oxygens (including phenoxy) is 2. The number of quaternary nitrogens is 1. The summed E-state index contributed by atoms with van der Waals surface area (Å²) in [5.41, 5.74) is 4.45. The van der Waals surface area contributed by atoms with Crippen molar-refractivity contribution in [3.8, 4) is 11.5 Å². The maximum absolute atomic E-state index is 6.81. The molecule has 2 aromatic carbocycles. The topological polar surface area (TPSA) is 38.5 Å². The Morgan fingerprint density at radius 1 is 1.17 bits per heavy atom. The van der Waals surface area contributed by atoms with Gasteiger partial charge in [-0.1, -0.05) is 48.9 Å². The van der Waals surface area contributed by atoms with Crippen LogP contribution in [-0.2, 0) is 0 Å². The van der Waals surface area contributed by atoms with Crippen molar-refractivity contribution in [2.45, 2.75) is 51.3 Å². The standard InChI is InChI=1S/C25H31N3O2/c1-4-14-27-15-12-25(13-16-27)28-22(20-6-5-7-23(29-3)24(20)30-25)17-21(26-28)19-10-8-18(2)9-11-19/h5-11,22H,4,12-17H2,1-3H3/p+1/t22-/m1/s1. The van der Waals surface area contributed by atoms with E-state index in [0.29, 0.717) is 0 Å². The zero-order valence-electron chi connectivity index (χ0n) is 18.3. The van der Waals surface area contributed by atoms with Gasteiger partial charge in [0.05, 0.1) is 51.3 Å². The number of nitrogens with zero attached hydrogens (tertiary/aromatic N) is 2. The van der Waals surface area contributed by atoms with Gasteiger partial charge in [-0.15, -0.1) is 0 Å². The second-order valence-corrected chi connectivity index (χ2v) is 8.90. The summed E-state index contributed by atoms with van der Waals surface area (Å²) >= 11 is 0. The fourth-order valence-corrected chi connectivity index (χ4v) is 5.28. The molecule has 0 bridgehead atoms. The van der Waals surface area contributed by atoms with Gasteiger partial charge in [0.2, 0.25) is 5.72 Å². The number of benzene rings is 2. The number of hydrogen-bond donors (Lipinski definition) is 1. The SMILES string of the molecule is CCC[NH+]1CCC2(CC1)Oc1c(OC)cccc1[C@H]1CC(c3ccc(C)cc3)=NN12. The van der Waals surface area contributed by atoms with Crippen LogP contribution in [0.15, 0.2) is 47.6 Å². The summed E-state index contributed by atoms with van der Waals surface area (Å²) < 4.78 is 12.5. The van der Waals surface area contributed by atoms with E-state index in [9.17, 15) is 0 Å². The van der Waals surface area contributed by atoms with Crippen LogP contribution < -0.4 is 14.4 Å². The van der Waals surface area contributed by atoms with Crippen LogP contribution in [0.3, 0.4) is 0 Å². The number of aryl methyl sites for hydroxylation is 1. The summed E-state index contributed by atoms with van der Waals surface area (Å²) in [6.45, 7) is 7.87. The molecule has 2 aromatic rings. The number of fused-ring (bicyclic) bond motifs is 4. The first-order chi connectivity index (χ1) is 14.6. The van der Waals surface area contributed by atoms with Crippen molar-refractivity contribution in [2.24, 2.45) is 5.10 Å². The van der Waals surface area contributed by atoms with E-state index in [4.69, 9.17) is 14.6 Å². The summed E-state index contributed by atoms with van der Waals surface area (Å²) in [6.07, 6.45) is 4.10. The van der Waals surface area contributed by atoms with Gasteiger partial charge in [0, 0.05) is 12.0 Å². The number of para-hydroxylation sites is 1. The van der Waals surface area contributed by atoms with Crippen LogP contribution in [0.1, 0.15) is 55.3 Å². The summed E-state index contributed by atoms with van der Waals surface area (Å²) in [4.78, 5) is 1.68. The molecule has 1 spiro atoms. The van der Waals surface area contributed by atoms with Gasteiger partial charge in [0.1, 0.15) is 0 Å². The number of hydrogen-bond acceptors (Lipinski definition) is 4. The summed E-state index contributed by atoms with van der Waals surface area (Å²) in [7, 11) is 1.73. The predicted octanol–water partition coefficient (Wildman–Crippen LogP) is 3.33. The maximum atomic E-state index is 6.81. The zero-order valence-corrected chi connectivity index (χ0v) is 18.3. The minimum Gasteiger partial charge on any atom is -0.493 e. The van der Waals surface area contributed by atoms with Gasteiger partial charge in [-0.3, -0.25) is 0 Å². The van der Waals surface area contributed by atoms with E-state index in [1.165, 1.54) is 29.7 Å². The van der Waals surface area contributed by atoms with Gasteiger partial charge >= 0.3 is 0 Å². The molecule has 158 valence electrons. The number of rotatable bonds is 4. The lowest BCUT2D eigenvalue weighted by molar-refractivity contribution is -0.908. The van der Waals surface area contributed by atoms with Crippen molar-refractivity contribution in [1.82, 2.24) is 5.01 Å². The lowest BCUT2D eigenvalue weighted by Gasteiger charge is -2.50. The highest BCUT2D eigenvalue weighted by Crippen LogP contribution is 2.52. The van der Waals surface area contributed by atoms with Crippen LogP contribution in [0, 0.1) is 6.92 Å². The highest BCUT2D eigenvalue weighted by molar-refractivity contribution is 6.02. The normalized spacial score (nSPS) is 27.3. The number of piperidine rings is 1. The van der Waals surface area contributed by atoms with Crippen LogP contribution in [-0.4, -0.2) is 43.2 Å². The molecular weight excluding hydrogens is 374 g/mol. The van der Waals surface area contributed by atoms with E-state index < -0.39 is 0 Å². The summed E-state index contributed by atoms with van der Waals surface area (Å²) in [5, 5.41) is 7.49. The summed E-state index contributed by atoms with van der Waals surface area (Å²) in [5.74, 6) is 1.75. The molecule has 1 N–H and O–H groups in total. The zero-order chi connectivity index (χ0) is 20.7. The Balaban J connectivity index is 1.54. The predicted molar refractivity (Wildman–Crippen MR) is 118 cm³/mol. The van der Waals surface area contributed by atoms with Crippen molar-refractivity contribution in [3.63, 3.8) is 0 Å². The van der Waals surface area contributed by atoms with E-state index in [1.54, 1.807) is 12.0 Å². The fraction of sp³-hybridized carbons (Fsp3) is 0.480. The second-order valence-electron chi connectivity index (χ2n) is 8.90. The Bertz CT molecular complexity index is 945. The average molecular weight is 407 g/mol. The van der Waals surface area contributed by atoms with Gasteiger partial charge in [-0.25, -0.2) is 5.01 Å². The van der Waals surface area contributed by atoms with E-state index in [2.05, 4.69) is 55.3 Å². The number of nitrogens with one attached hydrogen (secondary N) is 1. The molecule has 3 aliphatic rings. The monoisotopic (exact) mass is 406 g/mol. The Hall–Kier alpha value is -2.53. The second kappa shape index (κ2) is 7.62. The van der Waals surface area contributed by atoms with Gasteiger partial charge in [-0.05, 0) is 25.0 Å². The molecule has 0 radical (unpaired) electrons. The van der Waals surface area contributed by atoms with E-state index in [-0.39, 0.29) is 11.8 Å². The molecule has 0 unspecified atom stereocenters. The molecule has 0 amide bonds. The van der Waals surface area contributed by atoms with Gasteiger partial charge < -0.3 is 14.4 Å². The average Bonchev–Trinajstić information content (AvgIpc) is 3.23. The lowest BCUT2D eigenvalue weighted by Crippen LogP contribution is -3.14. The third kappa shape index (κ3) is 3.16. The van der Waals surface area contributed by atoms with Crippen LogP contribution in [0.4, 0.5) is 0 Å². The molecule has 1 saturated heterocycles. The maximum Gasteiger partial charge on any atom is 0.209 e. The Labute approximate surface area is 179 Å². The first kappa shape index (κ1) is 19.4. The molecule has 1 fully saturated rings. The molecular formula is C25H32N3O2+. The van der Waals surface area contributed by atoms with Gasteiger partial charge in [0.25, 0.3) is 0 Å². The Kier molecular flexibility index (Phi) is 4.94. The Morgan fingerprint density at radius 2 is 1.93 bits per heavy atom. The molecule has 30 heavy (non-hydrogen) atoms. The Morgan fingerprint density at radius 3 is 2.63 bits per heavy atom. The fourth-order valence-electron chi connectivity index (χ4n) is 5.28. The minimum absolute atomic E-state index is 0.202. The smallest absolute Gasteiger partial charge is 0.209 e. The summed E-state index contributed by atoms with van der Waals surface area (Å²) in [6, 6.07) is 15.2. The molecule has 3 aliphatic heterocycles. The van der Waals surface area contributed by atoms with Crippen molar-refractivity contribution in [3.05, 3.63) is 59.2 Å². The van der Waals surface area contributed by atoms with E-state index in [0.717, 1.165) is 49.6 Å². The number of likely N-dealkylation sites (tertiary alicyclic amines) is 1. The van der Waals surface area contributed by atoms with Gasteiger partial charge in [0.15, 0.2) is 11.5 Å². The molecule has 5 nitrogen and oxygen atoms in total. The number of hydrazone groups is 1. The molecule has 5 heteroatoms. The third-order valence-electron chi connectivity index (χ3n) is 6.93. The molecule has 0 saturated carbocycles. The van der Waals surface area contributed by atoms with Crippen LogP contribution in [0.2, 0.25) is 0 Å². The van der Waals surface area contributed by atoms with Crippen molar-refractivity contribution >= 4 is 5.71 Å². The minimum atomic E-state index is -0.379.